The van der Waals surface area contributed by atoms with Gasteiger partial charge in [-0.3, -0.25) is 14.1 Å². The van der Waals surface area contributed by atoms with Crippen LogP contribution in [0.15, 0.2) is 41.3 Å². The van der Waals surface area contributed by atoms with Gasteiger partial charge in [-0.15, -0.1) is 0 Å². The summed E-state index contributed by atoms with van der Waals surface area (Å²) in [6.45, 7) is 0. The number of nitrogens with one attached hydrogen (secondary N) is 1. The maximum atomic E-state index is 12.6. The molecular weight excluding hydrogens is 329 g/mol. The Bertz CT molecular complexity index is 943. The van der Waals surface area contributed by atoms with Crippen LogP contribution in [-0.2, 0) is 10.1 Å². The third-order valence-corrected chi connectivity index (χ3v) is 4.48. The van der Waals surface area contributed by atoms with E-state index < -0.39 is 26.6 Å². The molecule has 1 aliphatic carbocycles. The van der Waals surface area contributed by atoms with E-state index in [1.165, 1.54) is 18.2 Å². The summed E-state index contributed by atoms with van der Waals surface area (Å²) in [4.78, 5) is 24.7. The van der Waals surface area contributed by atoms with Gasteiger partial charge in [-0.1, -0.05) is 24.3 Å². The standard InChI is InChI=1S/C15H11NO5S.Na.H/c1-16-10-6-2-4-8-12(10)14(17)9-5-3-7-11(22(19,20)21)13(9)15(8)18;;/h2-7,16H,1H3,(H,19,20,21);;/q;+1;-1. The molecule has 3 rings (SSSR count). The molecular formula is C15H12NNaO5S. The van der Waals surface area contributed by atoms with E-state index in [2.05, 4.69) is 5.32 Å². The molecule has 0 spiro atoms. The Morgan fingerprint density at radius 2 is 1.48 bits per heavy atom. The summed E-state index contributed by atoms with van der Waals surface area (Å²) in [5, 5.41) is 2.84. The van der Waals surface area contributed by atoms with Crippen LogP contribution in [0.5, 0.6) is 0 Å². The SMILES string of the molecule is CNc1cccc2c1C(=O)c1cccc(S(=O)(=O)O)c1C2=O.[H-].[Na+]. The number of hydrogen-bond acceptors (Lipinski definition) is 5. The summed E-state index contributed by atoms with van der Waals surface area (Å²) in [6.07, 6.45) is 0. The van der Waals surface area contributed by atoms with Gasteiger partial charge in [0.15, 0.2) is 11.6 Å². The number of anilines is 1. The topological polar surface area (TPSA) is 101 Å². The zero-order valence-corrected chi connectivity index (χ0v) is 15.3. The Balaban J connectivity index is 0.00000144. The first-order valence-electron chi connectivity index (χ1n) is 6.37. The van der Waals surface area contributed by atoms with Crippen LogP contribution in [0.4, 0.5) is 5.69 Å². The second-order valence-electron chi connectivity index (χ2n) is 4.79. The monoisotopic (exact) mass is 341 g/mol. The molecule has 1 aliphatic rings. The summed E-state index contributed by atoms with van der Waals surface area (Å²) in [5.74, 6) is -1.06. The van der Waals surface area contributed by atoms with E-state index in [0.29, 0.717) is 5.69 Å². The van der Waals surface area contributed by atoms with E-state index in [-0.39, 0.29) is 53.2 Å². The molecule has 0 atom stereocenters. The number of rotatable bonds is 2. The zero-order valence-electron chi connectivity index (χ0n) is 13.5. The first-order chi connectivity index (χ1) is 10.4. The van der Waals surface area contributed by atoms with E-state index >= 15 is 0 Å². The van der Waals surface area contributed by atoms with E-state index in [9.17, 15) is 22.6 Å². The fourth-order valence-electron chi connectivity index (χ4n) is 2.63. The van der Waals surface area contributed by atoms with Crippen LogP contribution in [0.2, 0.25) is 0 Å². The molecule has 8 heteroatoms. The van der Waals surface area contributed by atoms with Gasteiger partial charge in [0, 0.05) is 23.9 Å². The molecule has 0 bridgehead atoms. The Labute approximate surface area is 156 Å². The van der Waals surface area contributed by atoms with E-state index in [4.69, 9.17) is 0 Å². The van der Waals surface area contributed by atoms with Crippen molar-refractivity contribution in [1.29, 1.82) is 0 Å². The minimum atomic E-state index is -4.61. The van der Waals surface area contributed by atoms with Crippen molar-refractivity contribution >= 4 is 27.4 Å². The summed E-state index contributed by atoms with van der Waals surface area (Å²) in [7, 11) is -2.99. The predicted molar refractivity (Wildman–Crippen MR) is 80.2 cm³/mol. The molecule has 0 heterocycles. The van der Waals surface area contributed by atoms with Crippen LogP contribution in [0.1, 0.15) is 33.3 Å². The molecule has 0 aliphatic heterocycles. The van der Waals surface area contributed by atoms with E-state index in [0.717, 1.165) is 6.07 Å². The fourth-order valence-corrected chi connectivity index (χ4v) is 3.34. The van der Waals surface area contributed by atoms with Crippen LogP contribution >= 0.6 is 0 Å². The van der Waals surface area contributed by atoms with Gasteiger partial charge in [-0.25, -0.2) is 0 Å². The Morgan fingerprint density at radius 3 is 2.04 bits per heavy atom. The third kappa shape index (κ3) is 2.75. The van der Waals surface area contributed by atoms with Gasteiger partial charge >= 0.3 is 29.6 Å². The normalized spacial score (nSPS) is 13.0. The summed E-state index contributed by atoms with van der Waals surface area (Å²) in [6, 6.07) is 8.50. The van der Waals surface area contributed by atoms with Crippen LogP contribution in [0.3, 0.4) is 0 Å². The molecule has 6 nitrogen and oxygen atoms in total. The minimum absolute atomic E-state index is 0. The molecule has 0 saturated heterocycles. The predicted octanol–water partition coefficient (Wildman–Crippen LogP) is -1.13. The van der Waals surface area contributed by atoms with Crippen molar-refractivity contribution in [2.24, 2.45) is 0 Å². The maximum Gasteiger partial charge on any atom is 1.00 e. The molecule has 0 aromatic heterocycles. The average molecular weight is 341 g/mol. The number of ketones is 2. The maximum absolute atomic E-state index is 12.6. The Morgan fingerprint density at radius 1 is 0.957 bits per heavy atom. The van der Waals surface area contributed by atoms with Crippen molar-refractivity contribution in [3.8, 4) is 0 Å². The fraction of sp³-hybridized carbons (Fsp3) is 0.0667. The first-order valence-corrected chi connectivity index (χ1v) is 7.81. The second kappa shape index (κ2) is 6.18. The molecule has 0 fully saturated rings. The Hall–Kier alpha value is -1.51. The van der Waals surface area contributed by atoms with Crippen molar-refractivity contribution in [3.05, 3.63) is 58.7 Å². The minimum Gasteiger partial charge on any atom is -1.00 e. The van der Waals surface area contributed by atoms with Gasteiger partial charge in [0.1, 0.15) is 4.90 Å². The molecule has 0 unspecified atom stereocenters. The summed E-state index contributed by atoms with van der Waals surface area (Å²) < 4.78 is 32.2. The third-order valence-electron chi connectivity index (χ3n) is 3.58. The van der Waals surface area contributed by atoms with Gasteiger partial charge in [0.05, 0.1) is 11.1 Å². The number of hydrogen-bond donors (Lipinski definition) is 2. The van der Waals surface area contributed by atoms with Crippen LogP contribution in [0, 0.1) is 0 Å². The van der Waals surface area contributed by atoms with Crippen molar-refractivity contribution in [2.75, 3.05) is 12.4 Å². The molecule has 0 amide bonds. The molecule has 2 aromatic rings. The first kappa shape index (κ1) is 17.8. The van der Waals surface area contributed by atoms with E-state index in [1.54, 1.807) is 19.2 Å². The summed E-state index contributed by atoms with van der Waals surface area (Å²) in [5.41, 5.74) is 0.486. The van der Waals surface area contributed by atoms with Crippen molar-refractivity contribution in [1.82, 2.24) is 0 Å². The van der Waals surface area contributed by atoms with Gasteiger partial charge < -0.3 is 6.74 Å². The molecule has 2 N–H and O–H groups in total. The van der Waals surface area contributed by atoms with Crippen LogP contribution < -0.4 is 34.9 Å². The van der Waals surface area contributed by atoms with Gasteiger partial charge in [-0.2, -0.15) is 8.42 Å². The quantitative estimate of drug-likeness (QED) is 0.452. The van der Waals surface area contributed by atoms with Gasteiger partial charge in [0.2, 0.25) is 0 Å². The summed E-state index contributed by atoms with van der Waals surface area (Å²) >= 11 is 0. The average Bonchev–Trinajstić information content (AvgIpc) is 2.50. The van der Waals surface area contributed by atoms with E-state index in [1.807, 2.05) is 0 Å². The van der Waals surface area contributed by atoms with Crippen molar-refractivity contribution in [2.45, 2.75) is 4.90 Å². The molecule has 23 heavy (non-hydrogen) atoms. The second-order valence-corrected chi connectivity index (χ2v) is 6.18. The molecule has 114 valence electrons. The van der Waals surface area contributed by atoms with Crippen molar-refractivity contribution in [3.63, 3.8) is 0 Å². The van der Waals surface area contributed by atoms with Crippen LogP contribution in [0.25, 0.3) is 0 Å². The smallest absolute Gasteiger partial charge is 1.00 e. The molecule has 0 radical (unpaired) electrons. The number of benzene rings is 2. The molecule has 2 aromatic carbocycles. The Kier molecular flexibility index (Phi) is 4.79. The zero-order chi connectivity index (χ0) is 16.1. The number of fused-ring (bicyclic) bond motifs is 2. The van der Waals surface area contributed by atoms with Crippen molar-refractivity contribution < 1.29 is 53.5 Å². The van der Waals surface area contributed by atoms with Crippen LogP contribution in [-0.4, -0.2) is 31.6 Å². The largest absolute Gasteiger partial charge is 1.00 e. The van der Waals surface area contributed by atoms with Gasteiger partial charge in [-0.05, 0) is 12.1 Å². The number of carbonyl (C=O) groups excluding carboxylic acids is 2. The van der Waals surface area contributed by atoms with Gasteiger partial charge in [0.25, 0.3) is 10.1 Å². The number of carbonyl (C=O) groups is 2. The molecule has 0 saturated carbocycles.